The maximum atomic E-state index is 13.2. The molecular formula is C24H35N3O5. The third kappa shape index (κ3) is 6.00. The maximum Gasteiger partial charge on any atom is 0.257 e. The molecule has 2 aliphatic rings. The van der Waals surface area contributed by atoms with E-state index in [1.54, 1.807) is 37.3 Å². The van der Waals surface area contributed by atoms with Crippen molar-refractivity contribution in [3.8, 4) is 5.75 Å². The molecule has 1 heterocycles. The Balaban J connectivity index is 1.93. The molecule has 0 spiro atoms. The molecule has 0 saturated heterocycles. The Bertz CT molecular complexity index is 854. The second kappa shape index (κ2) is 10.3. The first-order chi connectivity index (χ1) is 15.2. The number of nitrogens with zero attached hydrogens (tertiary/aromatic N) is 2. The van der Waals surface area contributed by atoms with Crippen LogP contribution >= 0.6 is 0 Å². The second-order valence-corrected chi connectivity index (χ2v) is 9.18. The summed E-state index contributed by atoms with van der Waals surface area (Å²) in [5.41, 5.74) is 0.962. The van der Waals surface area contributed by atoms with Gasteiger partial charge >= 0.3 is 0 Å². The average molecular weight is 446 g/mol. The summed E-state index contributed by atoms with van der Waals surface area (Å²) in [7, 11) is 3.37. The fourth-order valence-electron chi connectivity index (χ4n) is 4.09. The molecule has 0 aromatic heterocycles. The van der Waals surface area contributed by atoms with Crippen LogP contribution in [0.5, 0.6) is 5.75 Å². The molecule has 1 aliphatic carbocycles. The minimum atomic E-state index is -0.213. The van der Waals surface area contributed by atoms with Crippen molar-refractivity contribution in [3.63, 3.8) is 0 Å². The lowest BCUT2D eigenvalue weighted by molar-refractivity contribution is -0.135. The van der Waals surface area contributed by atoms with Crippen molar-refractivity contribution >= 4 is 23.4 Å². The molecule has 1 N–H and O–H groups in total. The molecule has 3 atom stereocenters. The zero-order valence-corrected chi connectivity index (χ0v) is 19.7. The van der Waals surface area contributed by atoms with E-state index in [9.17, 15) is 14.4 Å². The highest BCUT2D eigenvalue weighted by molar-refractivity contribution is 5.98. The van der Waals surface area contributed by atoms with Crippen molar-refractivity contribution < 1.29 is 23.9 Å². The summed E-state index contributed by atoms with van der Waals surface area (Å²) in [5, 5.41) is 2.73. The second-order valence-electron chi connectivity index (χ2n) is 9.18. The third-order valence-corrected chi connectivity index (χ3v) is 6.25. The number of methoxy groups -OCH3 is 1. The molecule has 1 aromatic rings. The maximum absolute atomic E-state index is 13.2. The summed E-state index contributed by atoms with van der Waals surface area (Å²) in [4.78, 5) is 41.2. The van der Waals surface area contributed by atoms with Crippen LogP contribution in [0.1, 0.15) is 50.4 Å². The lowest BCUT2D eigenvalue weighted by atomic mass is 10.0. The summed E-state index contributed by atoms with van der Waals surface area (Å²) in [6, 6.07) is 4.84. The molecule has 32 heavy (non-hydrogen) atoms. The number of carbonyl (C=O) groups is 3. The number of rotatable bonds is 4. The number of nitrogens with one attached hydrogen (secondary N) is 1. The Kier molecular flexibility index (Phi) is 7.77. The van der Waals surface area contributed by atoms with Crippen molar-refractivity contribution in [2.75, 3.05) is 39.2 Å². The smallest absolute Gasteiger partial charge is 0.257 e. The Morgan fingerprint density at radius 3 is 2.56 bits per heavy atom. The predicted molar refractivity (Wildman–Crippen MR) is 122 cm³/mol. The summed E-state index contributed by atoms with van der Waals surface area (Å²) < 4.78 is 11.8. The van der Waals surface area contributed by atoms with Crippen molar-refractivity contribution in [2.45, 2.75) is 52.2 Å². The molecule has 1 fully saturated rings. The first-order valence-electron chi connectivity index (χ1n) is 11.3. The van der Waals surface area contributed by atoms with Crippen molar-refractivity contribution in [3.05, 3.63) is 23.8 Å². The molecule has 0 unspecified atom stereocenters. The quantitative estimate of drug-likeness (QED) is 0.770. The number of carbonyl (C=O) groups excluding carboxylic acids is 3. The zero-order chi connectivity index (χ0) is 23.4. The highest BCUT2D eigenvalue weighted by atomic mass is 16.5. The van der Waals surface area contributed by atoms with Gasteiger partial charge in [0.25, 0.3) is 5.91 Å². The molecular weight excluding hydrogens is 410 g/mol. The van der Waals surface area contributed by atoms with Crippen LogP contribution in [0.4, 0.5) is 5.69 Å². The first-order valence-corrected chi connectivity index (χ1v) is 11.3. The van der Waals surface area contributed by atoms with Gasteiger partial charge in [0.1, 0.15) is 12.4 Å². The minimum Gasteiger partial charge on any atom is -0.491 e. The van der Waals surface area contributed by atoms with E-state index in [4.69, 9.17) is 9.47 Å². The Morgan fingerprint density at radius 1 is 1.22 bits per heavy atom. The predicted octanol–water partition coefficient (Wildman–Crippen LogP) is 2.78. The fourth-order valence-corrected chi connectivity index (χ4v) is 4.09. The Morgan fingerprint density at radius 2 is 1.94 bits per heavy atom. The number of ether oxygens (including phenoxy) is 2. The van der Waals surface area contributed by atoms with E-state index in [0.29, 0.717) is 42.4 Å². The molecule has 1 saturated carbocycles. The van der Waals surface area contributed by atoms with E-state index in [1.165, 1.54) is 6.92 Å². The van der Waals surface area contributed by atoms with Crippen LogP contribution in [0, 0.1) is 11.8 Å². The normalized spacial score (nSPS) is 24.7. The minimum absolute atomic E-state index is 0.0434. The zero-order valence-electron chi connectivity index (χ0n) is 19.7. The lowest BCUT2D eigenvalue weighted by Gasteiger charge is -2.36. The Labute approximate surface area is 190 Å². The molecule has 8 heteroatoms. The lowest BCUT2D eigenvalue weighted by Crippen LogP contribution is -2.48. The van der Waals surface area contributed by atoms with Gasteiger partial charge in [-0.1, -0.05) is 6.92 Å². The van der Waals surface area contributed by atoms with Gasteiger partial charge in [0.05, 0.1) is 17.7 Å². The highest BCUT2D eigenvalue weighted by Crippen LogP contribution is 2.33. The van der Waals surface area contributed by atoms with Crippen LogP contribution in [0.3, 0.4) is 0 Å². The van der Waals surface area contributed by atoms with E-state index < -0.39 is 0 Å². The van der Waals surface area contributed by atoms with Crippen molar-refractivity contribution in [1.82, 2.24) is 9.80 Å². The van der Waals surface area contributed by atoms with E-state index >= 15 is 0 Å². The van der Waals surface area contributed by atoms with Crippen LogP contribution in [0.15, 0.2) is 18.2 Å². The van der Waals surface area contributed by atoms with Gasteiger partial charge in [0.15, 0.2) is 0 Å². The number of amides is 3. The van der Waals surface area contributed by atoms with Crippen molar-refractivity contribution in [2.24, 2.45) is 11.8 Å². The highest BCUT2D eigenvalue weighted by Gasteiger charge is 2.33. The van der Waals surface area contributed by atoms with E-state index in [-0.39, 0.29) is 42.4 Å². The van der Waals surface area contributed by atoms with Crippen LogP contribution in [0.25, 0.3) is 0 Å². The summed E-state index contributed by atoms with van der Waals surface area (Å²) in [6.07, 6.45) is 2.59. The summed E-state index contributed by atoms with van der Waals surface area (Å²) >= 11 is 0. The molecule has 1 aromatic carbocycles. The molecule has 8 nitrogen and oxygen atoms in total. The third-order valence-electron chi connectivity index (χ3n) is 6.25. The van der Waals surface area contributed by atoms with Gasteiger partial charge in [0.2, 0.25) is 11.8 Å². The molecule has 3 rings (SSSR count). The van der Waals surface area contributed by atoms with Gasteiger partial charge in [-0.25, -0.2) is 0 Å². The van der Waals surface area contributed by atoms with Gasteiger partial charge < -0.3 is 24.6 Å². The molecule has 176 valence electrons. The SMILES string of the molecule is CO[C@H]1CN(C)C(=O)c2ccc(NC(C)=O)cc2OC[C@H](C)N(C(=O)CC2CC2)C[C@@H]1C. The number of hydrogen-bond acceptors (Lipinski definition) is 5. The number of benzene rings is 1. The Hall–Kier alpha value is -2.61. The molecule has 1 aliphatic heterocycles. The standard InChI is InChI=1S/C24H35N3O5/c1-15-12-27(23(29)10-18-6-7-18)16(2)14-32-21-11-19(25-17(3)28)8-9-20(21)24(30)26(4)13-22(15)31-5/h8-9,11,15-16,18,22H,6-7,10,12-14H2,1-5H3,(H,25,28)/t15-,16-,22-/m0/s1. The van der Waals surface area contributed by atoms with Gasteiger partial charge in [-0.05, 0) is 37.8 Å². The number of likely N-dealkylation sites (N-methyl/N-ethyl adjacent to an activating group) is 1. The monoisotopic (exact) mass is 445 g/mol. The largest absolute Gasteiger partial charge is 0.491 e. The number of hydrogen-bond donors (Lipinski definition) is 1. The van der Waals surface area contributed by atoms with Crippen molar-refractivity contribution in [1.29, 1.82) is 0 Å². The molecule has 3 amide bonds. The first kappa shape index (κ1) is 24.0. The average Bonchev–Trinajstić information content (AvgIpc) is 3.56. The van der Waals surface area contributed by atoms with E-state index in [0.717, 1.165) is 12.8 Å². The van der Waals surface area contributed by atoms with Crippen LogP contribution in [-0.2, 0) is 14.3 Å². The van der Waals surface area contributed by atoms with Crippen LogP contribution in [0.2, 0.25) is 0 Å². The van der Waals surface area contributed by atoms with Gasteiger partial charge in [-0.15, -0.1) is 0 Å². The van der Waals surface area contributed by atoms with E-state index in [2.05, 4.69) is 12.2 Å². The summed E-state index contributed by atoms with van der Waals surface area (Å²) in [6.45, 7) is 6.62. The number of anilines is 1. The topological polar surface area (TPSA) is 88.2 Å². The van der Waals surface area contributed by atoms with Crippen LogP contribution in [-0.4, -0.2) is 73.5 Å². The van der Waals surface area contributed by atoms with E-state index in [1.807, 2.05) is 11.8 Å². The van der Waals surface area contributed by atoms with Gasteiger partial charge in [-0.2, -0.15) is 0 Å². The number of fused-ring (bicyclic) bond motifs is 1. The van der Waals surface area contributed by atoms with Gasteiger partial charge in [0, 0.05) is 58.3 Å². The summed E-state index contributed by atoms with van der Waals surface area (Å²) in [5.74, 6) is 0.676. The molecule has 0 radical (unpaired) electrons. The molecule has 0 bridgehead atoms. The van der Waals surface area contributed by atoms with Gasteiger partial charge in [-0.3, -0.25) is 14.4 Å². The fraction of sp³-hybridized carbons (Fsp3) is 0.625. The van der Waals surface area contributed by atoms with Crippen LogP contribution < -0.4 is 10.1 Å².